The maximum absolute atomic E-state index is 14.0. The van der Waals surface area contributed by atoms with Gasteiger partial charge < -0.3 is 10.2 Å². The molecule has 9 heteroatoms. The van der Waals surface area contributed by atoms with Crippen LogP contribution < -0.4 is 9.62 Å². The van der Waals surface area contributed by atoms with Crippen LogP contribution in [0.25, 0.3) is 0 Å². The van der Waals surface area contributed by atoms with E-state index in [1.165, 1.54) is 17.0 Å². The Balaban J connectivity index is 2.02. The second kappa shape index (κ2) is 13.4. The number of benzene rings is 3. The SMILES string of the molecule is CC[C@H](C)NC(=O)[C@H](CC)N(Cc1ccccc1)C(=O)CN(c1ccc(Cl)cc1)S(=O)(=O)c1ccccc1. The summed E-state index contributed by atoms with van der Waals surface area (Å²) in [5, 5.41) is 3.41. The van der Waals surface area contributed by atoms with Gasteiger partial charge in [-0.15, -0.1) is 0 Å². The van der Waals surface area contributed by atoms with Gasteiger partial charge in [0.1, 0.15) is 12.6 Å². The monoisotopic (exact) mass is 555 g/mol. The van der Waals surface area contributed by atoms with Crippen molar-refractivity contribution in [3.63, 3.8) is 0 Å². The molecular formula is C29H34ClN3O4S. The second-order valence-electron chi connectivity index (χ2n) is 9.05. The Bertz CT molecular complexity index is 1300. The number of hydrogen-bond acceptors (Lipinski definition) is 4. The maximum atomic E-state index is 14.0. The van der Waals surface area contributed by atoms with Gasteiger partial charge in [-0.25, -0.2) is 8.42 Å². The first-order valence-corrected chi connectivity index (χ1v) is 14.5. The van der Waals surface area contributed by atoms with Crippen LogP contribution in [0, 0.1) is 0 Å². The summed E-state index contributed by atoms with van der Waals surface area (Å²) in [7, 11) is -4.10. The molecule has 0 saturated carbocycles. The molecule has 0 spiro atoms. The van der Waals surface area contributed by atoms with E-state index in [9.17, 15) is 18.0 Å². The summed E-state index contributed by atoms with van der Waals surface area (Å²) in [5.74, 6) is -0.760. The molecule has 1 N–H and O–H groups in total. The lowest BCUT2D eigenvalue weighted by Crippen LogP contribution is -2.53. The van der Waals surface area contributed by atoms with Crippen LogP contribution in [-0.4, -0.2) is 43.8 Å². The van der Waals surface area contributed by atoms with Crippen LogP contribution in [-0.2, 0) is 26.2 Å². The summed E-state index contributed by atoms with van der Waals surface area (Å²) in [6, 6.07) is 22.7. The minimum atomic E-state index is -4.10. The number of halogens is 1. The number of hydrogen-bond donors (Lipinski definition) is 1. The van der Waals surface area contributed by atoms with Crippen molar-refractivity contribution in [1.82, 2.24) is 10.2 Å². The van der Waals surface area contributed by atoms with Gasteiger partial charge in [0, 0.05) is 17.6 Å². The van der Waals surface area contributed by atoms with E-state index in [1.54, 1.807) is 42.5 Å². The zero-order valence-corrected chi connectivity index (χ0v) is 23.5. The zero-order chi connectivity index (χ0) is 27.7. The molecule has 3 aromatic carbocycles. The molecule has 3 aromatic rings. The van der Waals surface area contributed by atoms with Gasteiger partial charge in [-0.05, 0) is 61.7 Å². The molecule has 0 bridgehead atoms. The quantitative estimate of drug-likeness (QED) is 0.330. The third-order valence-corrected chi connectivity index (χ3v) is 8.35. The van der Waals surface area contributed by atoms with E-state index in [1.807, 2.05) is 51.1 Å². The van der Waals surface area contributed by atoms with Crippen LogP contribution in [0.2, 0.25) is 5.02 Å². The van der Waals surface area contributed by atoms with Crippen LogP contribution in [0.4, 0.5) is 5.69 Å². The lowest BCUT2D eigenvalue weighted by atomic mass is 10.1. The fraction of sp³-hybridized carbons (Fsp3) is 0.310. The van der Waals surface area contributed by atoms with E-state index in [0.717, 1.165) is 16.3 Å². The van der Waals surface area contributed by atoms with E-state index >= 15 is 0 Å². The molecule has 0 saturated heterocycles. The Labute approximate surface area is 230 Å². The third kappa shape index (κ3) is 7.36. The summed E-state index contributed by atoms with van der Waals surface area (Å²) < 4.78 is 28.5. The Hall–Kier alpha value is -3.36. The van der Waals surface area contributed by atoms with Crippen LogP contribution in [0.5, 0.6) is 0 Å². The first kappa shape index (κ1) is 29.2. The van der Waals surface area contributed by atoms with Crippen molar-refractivity contribution in [3.8, 4) is 0 Å². The van der Waals surface area contributed by atoms with Crippen molar-refractivity contribution in [2.75, 3.05) is 10.8 Å². The highest BCUT2D eigenvalue weighted by Crippen LogP contribution is 2.26. The number of carbonyl (C=O) groups is 2. The van der Waals surface area contributed by atoms with Crippen LogP contribution in [0.1, 0.15) is 39.2 Å². The average molecular weight is 556 g/mol. The molecule has 202 valence electrons. The van der Waals surface area contributed by atoms with Crippen molar-refractivity contribution in [2.45, 2.75) is 57.1 Å². The molecule has 0 unspecified atom stereocenters. The van der Waals surface area contributed by atoms with Crippen molar-refractivity contribution in [1.29, 1.82) is 0 Å². The molecule has 0 fully saturated rings. The summed E-state index contributed by atoms with van der Waals surface area (Å²) in [5.41, 5.74) is 1.13. The lowest BCUT2D eigenvalue weighted by Gasteiger charge is -2.33. The summed E-state index contributed by atoms with van der Waals surface area (Å²) in [6.07, 6.45) is 1.11. The average Bonchev–Trinajstić information content (AvgIpc) is 2.93. The number of anilines is 1. The molecule has 2 amide bonds. The van der Waals surface area contributed by atoms with Gasteiger partial charge in [-0.2, -0.15) is 0 Å². The molecule has 0 aliphatic carbocycles. The van der Waals surface area contributed by atoms with Gasteiger partial charge >= 0.3 is 0 Å². The van der Waals surface area contributed by atoms with E-state index < -0.39 is 28.5 Å². The topological polar surface area (TPSA) is 86.8 Å². The van der Waals surface area contributed by atoms with Crippen molar-refractivity contribution < 1.29 is 18.0 Å². The number of sulfonamides is 1. The van der Waals surface area contributed by atoms with Crippen LogP contribution in [0.3, 0.4) is 0 Å². The Morgan fingerprint density at radius 3 is 2.00 bits per heavy atom. The van der Waals surface area contributed by atoms with Crippen LogP contribution >= 0.6 is 11.6 Å². The summed E-state index contributed by atoms with van der Waals surface area (Å²) >= 11 is 6.06. The van der Waals surface area contributed by atoms with Gasteiger partial charge in [0.25, 0.3) is 10.0 Å². The predicted octanol–water partition coefficient (Wildman–Crippen LogP) is 5.26. The highest BCUT2D eigenvalue weighted by Gasteiger charge is 2.33. The molecule has 0 aromatic heterocycles. The van der Waals surface area contributed by atoms with E-state index in [-0.39, 0.29) is 23.4 Å². The van der Waals surface area contributed by atoms with Crippen molar-refractivity contribution in [2.24, 2.45) is 0 Å². The fourth-order valence-electron chi connectivity index (χ4n) is 4.00. The Morgan fingerprint density at radius 2 is 1.45 bits per heavy atom. The molecule has 0 heterocycles. The molecule has 0 aliphatic heterocycles. The molecular weight excluding hydrogens is 522 g/mol. The first-order chi connectivity index (χ1) is 18.2. The van der Waals surface area contributed by atoms with Gasteiger partial charge in [-0.3, -0.25) is 13.9 Å². The highest BCUT2D eigenvalue weighted by atomic mass is 35.5. The maximum Gasteiger partial charge on any atom is 0.264 e. The van der Waals surface area contributed by atoms with Gasteiger partial charge in [-0.1, -0.05) is 74.0 Å². The largest absolute Gasteiger partial charge is 0.352 e. The third-order valence-electron chi connectivity index (χ3n) is 6.31. The summed E-state index contributed by atoms with van der Waals surface area (Å²) in [6.45, 7) is 5.38. The van der Waals surface area contributed by atoms with Gasteiger partial charge in [0.15, 0.2) is 0 Å². The standard InChI is InChI=1S/C29H34ClN3O4S/c1-4-22(3)31-29(35)27(5-2)32(20-23-12-8-6-9-13-23)28(34)21-33(25-18-16-24(30)17-19-25)38(36,37)26-14-10-7-11-15-26/h6-19,22,27H,4-5,20-21H2,1-3H3,(H,31,35)/t22-,27-/m0/s1. The number of nitrogens with one attached hydrogen (secondary N) is 1. The second-order valence-corrected chi connectivity index (χ2v) is 11.3. The van der Waals surface area contributed by atoms with Crippen molar-refractivity contribution >= 4 is 39.1 Å². The number of amides is 2. The first-order valence-electron chi connectivity index (χ1n) is 12.6. The molecule has 0 aliphatic rings. The fourth-order valence-corrected chi connectivity index (χ4v) is 5.56. The number of nitrogens with zero attached hydrogens (tertiary/aromatic N) is 2. The van der Waals surface area contributed by atoms with E-state index in [2.05, 4.69) is 5.32 Å². The smallest absolute Gasteiger partial charge is 0.264 e. The minimum Gasteiger partial charge on any atom is -0.352 e. The number of carbonyl (C=O) groups excluding carboxylic acids is 2. The predicted molar refractivity (Wildman–Crippen MR) is 151 cm³/mol. The lowest BCUT2D eigenvalue weighted by molar-refractivity contribution is -0.140. The summed E-state index contributed by atoms with van der Waals surface area (Å²) in [4.78, 5) is 28.7. The molecule has 3 rings (SSSR count). The molecule has 7 nitrogen and oxygen atoms in total. The Morgan fingerprint density at radius 1 is 0.868 bits per heavy atom. The van der Waals surface area contributed by atoms with Gasteiger partial charge in [0.2, 0.25) is 11.8 Å². The molecule has 2 atom stereocenters. The van der Waals surface area contributed by atoms with E-state index in [4.69, 9.17) is 11.6 Å². The number of rotatable bonds is 12. The van der Waals surface area contributed by atoms with Gasteiger partial charge in [0.05, 0.1) is 10.6 Å². The Kier molecular flexibility index (Phi) is 10.3. The minimum absolute atomic E-state index is 0.0546. The highest BCUT2D eigenvalue weighted by molar-refractivity contribution is 7.92. The molecule has 38 heavy (non-hydrogen) atoms. The normalized spacial score (nSPS) is 12.8. The van der Waals surface area contributed by atoms with E-state index in [0.29, 0.717) is 17.1 Å². The van der Waals surface area contributed by atoms with Crippen LogP contribution in [0.15, 0.2) is 89.8 Å². The zero-order valence-electron chi connectivity index (χ0n) is 21.9. The van der Waals surface area contributed by atoms with Crippen molar-refractivity contribution in [3.05, 3.63) is 95.5 Å². The molecule has 0 radical (unpaired) electrons.